The molecule has 0 radical (unpaired) electrons. The van der Waals surface area contributed by atoms with Crippen LogP contribution in [0.4, 0.5) is 17.1 Å². The maximum absolute atomic E-state index is 2.44. The molecule has 54 heavy (non-hydrogen) atoms. The number of anilines is 3. The van der Waals surface area contributed by atoms with Crippen LogP contribution in [0.25, 0.3) is 55.3 Å². The first-order chi connectivity index (χ1) is 26.5. The Bertz CT molecular complexity index is 2660. The van der Waals surface area contributed by atoms with E-state index in [1.807, 2.05) is 0 Å². The molecule has 8 aromatic rings. The van der Waals surface area contributed by atoms with Crippen LogP contribution in [0.1, 0.15) is 48.9 Å². The summed E-state index contributed by atoms with van der Waals surface area (Å²) in [4.78, 5) is 2.44. The van der Waals surface area contributed by atoms with Gasteiger partial charge >= 0.3 is 0 Å². The maximum Gasteiger partial charge on any atom is 0.0465 e. The molecule has 1 heteroatoms. The van der Waals surface area contributed by atoms with Crippen LogP contribution < -0.4 is 4.90 Å². The van der Waals surface area contributed by atoms with Crippen molar-refractivity contribution in [2.24, 2.45) is 0 Å². The minimum atomic E-state index is -0.0857. The minimum Gasteiger partial charge on any atom is -0.310 e. The Kier molecular flexibility index (Phi) is 7.84. The summed E-state index contributed by atoms with van der Waals surface area (Å²) in [6.07, 6.45) is 4.93. The Balaban J connectivity index is 1.09. The maximum atomic E-state index is 2.44. The van der Waals surface area contributed by atoms with Gasteiger partial charge in [0, 0.05) is 22.5 Å². The van der Waals surface area contributed by atoms with Crippen molar-refractivity contribution < 1.29 is 0 Å². The lowest BCUT2D eigenvalue weighted by molar-refractivity contribution is 0.660. The number of fused-ring (bicyclic) bond motifs is 5. The number of aryl methyl sites for hydroxylation is 1. The molecule has 10 rings (SSSR count). The fourth-order valence-corrected chi connectivity index (χ4v) is 9.25. The number of hydrogen-bond donors (Lipinski definition) is 0. The van der Waals surface area contributed by atoms with Crippen molar-refractivity contribution in [2.75, 3.05) is 4.90 Å². The largest absolute Gasteiger partial charge is 0.310 e. The van der Waals surface area contributed by atoms with E-state index in [0.29, 0.717) is 0 Å². The molecule has 0 amide bonds. The van der Waals surface area contributed by atoms with Crippen LogP contribution in [0.2, 0.25) is 0 Å². The molecule has 1 nitrogen and oxygen atoms in total. The molecule has 0 atom stereocenters. The zero-order valence-electron chi connectivity index (χ0n) is 31.0. The molecule has 2 aliphatic rings. The molecule has 0 saturated carbocycles. The standard InChI is InChI=1S/C53H43N/c1-53(2)51-22-11-10-20-47(51)48-32-31-44(35-52(48)53)54(42-27-23-38(24-28-42)46-21-12-18-36-15-8-9-19-45(36)46)43-29-25-39(26-30-43)50-34-41-17-7-6-16-40(41)33-49(50)37-13-4-3-5-14-37/h3-7,10-14,16-18,20-35H,8-9,15,19H2,1-2H3. The monoisotopic (exact) mass is 693 g/mol. The van der Waals surface area contributed by atoms with E-state index in [-0.39, 0.29) is 5.41 Å². The van der Waals surface area contributed by atoms with Crippen molar-refractivity contribution in [1.29, 1.82) is 0 Å². The summed E-state index contributed by atoms with van der Waals surface area (Å²) >= 11 is 0. The highest BCUT2D eigenvalue weighted by atomic mass is 15.1. The lowest BCUT2D eigenvalue weighted by atomic mass is 9.82. The van der Waals surface area contributed by atoms with Gasteiger partial charge in [-0.25, -0.2) is 0 Å². The highest BCUT2D eigenvalue weighted by Gasteiger charge is 2.35. The number of nitrogens with zero attached hydrogens (tertiary/aromatic N) is 1. The third-order valence-electron chi connectivity index (χ3n) is 12.1. The molecule has 8 aromatic carbocycles. The Morgan fingerprint density at radius 3 is 1.63 bits per heavy atom. The van der Waals surface area contributed by atoms with Crippen LogP contribution in [0.3, 0.4) is 0 Å². The summed E-state index contributed by atoms with van der Waals surface area (Å²) in [5, 5.41) is 2.50. The Morgan fingerprint density at radius 1 is 0.389 bits per heavy atom. The molecule has 2 aliphatic carbocycles. The highest BCUT2D eigenvalue weighted by Crippen LogP contribution is 2.51. The number of rotatable bonds is 6. The molecule has 0 aromatic heterocycles. The van der Waals surface area contributed by atoms with E-state index in [0.717, 1.165) is 11.4 Å². The molecule has 0 bridgehead atoms. The number of benzene rings is 8. The average Bonchev–Trinajstić information content (AvgIpc) is 3.46. The van der Waals surface area contributed by atoms with E-state index < -0.39 is 0 Å². The van der Waals surface area contributed by atoms with Gasteiger partial charge in [0.1, 0.15) is 0 Å². The van der Waals surface area contributed by atoms with Gasteiger partial charge < -0.3 is 4.90 Å². The third-order valence-corrected chi connectivity index (χ3v) is 12.1. The topological polar surface area (TPSA) is 3.24 Å². The van der Waals surface area contributed by atoms with Crippen molar-refractivity contribution in [3.63, 3.8) is 0 Å². The molecule has 0 aliphatic heterocycles. The van der Waals surface area contributed by atoms with E-state index >= 15 is 0 Å². The summed E-state index contributed by atoms with van der Waals surface area (Å²) in [5.74, 6) is 0. The van der Waals surface area contributed by atoms with Gasteiger partial charge in [-0.3, -0.25) is 0 Å². The van der Waals surface area contributed by atoms with Gasteiger partial charge in [-0.05, 0) is 152 Å². The fraction of sp³-hybridized carbons (Fsp3) is 0.132. The second-order valence-corrected chi connectivity index (χ2v) is 15.6. The first-order valence-electron chi connectivity index (χ1n) is 19.5. The fourth-order valence-electron chi connectivity index (χ4n) is 9.25. The zero-order valence-corrected chi connectivity index (χ0v) is 31.0. The molecular weight excluding hydrogens is 651 g/mol. The zero-order chi connectivity index (χ0) is 36.2. The van der Waals surface area contributed by atoms with Crippen LogP contribution in [0.5, 0.6) is 0 Å². The van der Waals surface area contributed by atoms with E-state index in [1.54, 1.807) is 0 Å². The van der Waals surface area contributed by atoms with Gasteiger partial charge in [-0.2, -0.15) is 0 Å². The van der Waals surface area contributed by atoms with E-state index in [1.165, 1.54) is 109 Å². The predicted octanol–water partition coefficient (Wildman–Crippen LogP) is 14.5. The van der Waals surface area contributed by atoms with Crippen LogP contribution in [-0.4, -0.2) is 0 Å². The molecular formula is C53H43N. The van der Waals surface area contributed by atoms with Gasteiger partial charge in [-0.15, -0.1) is 0 Å². The van der Waals surface area contributed by atoms with Crippen LogP contribution >= 0.6 is 0 Å². The van der Waals surface area contributed by atoms with Gasteiger partial charge in [0.15, 0.2) is 0 Å². The molecule has 0 fully saturated rings. The summed E-state index contributed by atoms with van der Waals surface area (Å²) in [7, 11) is 0. The quantitative estimate of drug-likeness (QED) is 0.168. The summed E-state index contributed by atoms with van der Waals surface area (Å²) in [6, 6.07) is 65.5. The van der Waals surface area contributed by atoms with Crippen molar-refractivity contribution in [3.05, 3.63) is 198 Å². The summed E-state index contributed by atoms with van der Waals surface area (Å²) < 4.78 is 0. The van der Waals surface area contributed by atoms with Crippen molar-refractivity contribution >= 4 is 27.8 Å². The molecule has 0 spiro atoms. The molecule has 0 heterocycles. The van der Waals surface area contributed by atoms with Crippen LogP contribution in [0, 0.1) is 0 Å². The second kappa shape index (κ2) is 13.0. The van der Waals surface area contributed by atoms with Gasteiger partial charge in [0.05, 0.1) is 0 Å². The van der Waals surface area contributed by atoms with Gasteiger partial charge in [-0.1, -0.05) is 141 Å². The molecule has 0 unspecified atom stereocenters. The highest BCUT2D eigenvalue weighted by molar-refractivity contribution is 5.97. The number of hydrogen-bond acceptors (Lipinski definition) is 1. The Labute approximate surface area is 319 Å². The first-order valence-corrected chi connectivity index (χ1v) is 19.5. The summed E-state index contributed by atoms with van der Waals surface area (Å²) in [6.45, 7) is 4.73. The normalized spacial score (nSPS) is 14.0. The van der Waals surface area contributed by atoms with E-state index in [2.05, 4.69) is 195 Å². The Morgan fingerprint density at radius 2 is 0.926 bits per heavy atom. The molecule has 0 saturated heterocycles. The lowest BCUT2D eigenvalue weighted by Gasteiger charge is -2.28. The van der Waals surface area contributed by atoms with E-state index in [9.17, 15) is 0 Å². The van der Waals surface area contributed by atoms with E-state index in [4.69, 9.17) is 0 Å². The lowest BCUT2D eigenvalue weighted by Crippen LogP contribution is -2.16. The predicted molar refractivity (Wildman–Crippen MR) is 229 cm³/mol. The van der Waals surface area contributed by atoms with Crippen LogP contribution in [0.15, 0.2) is 176 Å². The molecule has 0 N–H and O–H groups in total. The van der Waals surface area contributed by atoms with Crippen LogP contribution in [-0.2, 0) is 18.3 Å². The third kappa shape index (κ3) is 5.46. The SMILES string of the molecule is CC1(C)c2ccccc2-c2ccc(N(c3ccc(-c4cc5ccccc5cc4-c4ccccc4)cc3)c3ccc(-c4cccc5c4CCCC5)cc3)cc21. The van der Waals surface area contributed by atoms with Crippen molar-refractivity contribution in [2.45, 2.75) is 44.9 Å². The minimum absolute atomic E-state index is 0.0857. The average molecular weight is 694 g/mol. The first kappa shape index (κ1) is 32.5. The molecule has 260 valence electrons. The van der Waals surface area contributed by atoms with Gasteiger partial charge in [0.2, 0.25) is 0 Å². The second-order valence-electron chi connectivity index (χ2n) is 15.6. The van der Waals surface area contributed by atoms with Crippen molar-refractivity contribution in [3.8, 4) is 44.5 Å². The van der Waals surface area contributed by atoms with Gasteiger partial charge in [0.25, 0.3) is 0 Å². The Hall–Kier alpha value is -6.18. The van der Waals surface area contributed by atoms with Crippen molar-refractivity contribution in [1.82, 2.24) is 0 Å². The smallest absolute Gasteiger partial charge is 0.0465 e. The summed E-state index contributed by atoms with van der Waals surface area (Å²) in [5.41, 5.74) is 19.5.